The van der Waals surface area contributed by atoms with Crippen LogP contribution in [0.3, 0.4) is 0 Å². The summed E-state index contributed by atoms with van der Waals surface area (Å²) in [7, 11) is 0. The third-order valence-corrected chi connectivity index (χ3v) is 4.73. The van der Waals surface area contributed by atoms with Crippen molar-refractivity contribution in [3.63, 3.8) is 0 Å². The molecule has 0 bridgehead atoms. The van der Waals surface area contributed by atoms with Gasteiger partial charge in [-0.05, 0) is 43.2 Å². The zero-order valence-corrected chi connectivity index (χ0v) is 13.0. The quantitative estimate of drug-likeness (QED) is 0.757. The van der Waals surface area contributed by atoms with E-state index in [0.717, 1.165) is 38.3 Å². The van der Waals surface area contributed by atoms with Gasteiger partial charge in [0, 0.05) is 17.7 Å². The Balaban J connectivity index is 2.38. The highest BCUT2D eigenvalue weighted by molar-refractivity contribution is 5.25. The van der Waals surface area contributed by atoms with Gasteiger partial charge in [-0.1, -0.05) is 27.2 Å². The molecule has 1 aliphatic carbocycles. The second kappa shape index (κ2) is 6.39. The van der Waals surface area contributed by atoms with Crippen LogP contribution in [0.2, 0.25) is 0 Å². The van der Waals surface area contributed by atoms with E-state index in [1.54, 1.807) is 0 Å². The Hall–Kier alpha value is -1.03. The van der Waals surface area contributed by atoms with Crippen LogP contribution in [0.25, 0.3) is 0 Å². The fraction of sp³-hybridized carbons (Fsp3) is 0.647. The number of hydrogen-bond donors (Lipinski definition) is 1. The lowest BCUT2D eigenvalue weighted by atomic mass is 9.75. The second-order valence-electron chi connectivity index (χ2n) is 6.71. The minimum atomic E-state index is -1.13. The Morgan fingerprint density at radius 2 is 1.86 bits per heavy atom. The first-order chi connectivity index (χ1) is 9.86. The maximum atomic E-state index is 14.2. The Bertz CT molecular complexity index is 499. The van der Waals surface area contributed by atoms with Crippen molar-refractivity contribution in [2.24, 2.45) is 11.3 Å². The van der Waals surface area contributed by atoms with Crippen molar-refractivity contribution in [3.05, 3.63) is 35.1 Å². The van der Waals surface area contributed by atoms with Crippen LogP contribution in [-0.4, -0.2) is 6.54 Å². The number of benzene rings is 1. The summed E-state index contributed by atoms with van der Waals surface area (Å²) in [5.74, 6) is -2.55. The summed E-state index contributed by atoms with van der Waals surface area (Å²) in [6.07, 6.45) is 4.06. The molecule has 0 radical (unpaired) electrons. The molecule has 118 valence electrons. The Kier molecular flexibility index (Phi) is 4.97. The molecule has 1 nitrogen and oxygen atoms in total. The molecule has 4 heteroatoms. The molecule has 1 aromatic carbocycles. The van der Waals surface area contributed by atoms with Crippen molar-refractivity contribution in [1.82, 2.24) is 5.32 Å². The number of nitrogens with one attached hydrogen (secondary N) is 1. The maximum Gasteiger partial charge on any atom is 0.161 e. The van der Waals surface area contributed by atoms with Crippen LogP contribution in [0.1, 0.15) is 58.1 Å². The fourth-order valence-corrected chi connectivity index (χ4v) is 3.52. The van der Waals surface area contributed by atoms with Crippen molar-refractivity contribution in [2.75, 3.05) is 6.54 Å². The summed E-state index contributed by atoms with van der Waals surface area (Å²) in [4.78, 5) is 0. The molecule has 1 aliphatic rings. The van der Waals surface area contributed by atoms with Crippen LogP contribution < -0.4 is 5.32 Å². The molecule has 0 spiro atoms. The monoisotopic (exact) mass is 299 g/mol. The fourth-order valence-electron chi connectivity index (χ4n) is 3.52. The van der Waals surface area contributed by atoms with E-state index in [2.05, 4.69) is 19.2 Å². The normalized spacial score (nSPS) is 22.5. The van der Waals surface area contributed by atoms with E-state index >= 15 is 0 Å². The first-order valence-corrected chi connectivity index (χ1v) is 7.74. The van der Waals surface area contributed by atoms with Crippen LogP contribution in [0.4, 0.5) is 13.2 Å². The lowest BCUT2D eigenvalue weighted by molar-refractivity contribution is 0.194. The predicted molar refractivity (Wildman–Crippen MR) is 78.5 cm³/mol. The van der Waals surface area contributed by atoms with Gasteiger partial charge in [0.25, 0.3) is 0 Å². The van der Waals surface area contributed by atoms with Crippen LogP contribution in [-0.2, 0) is 0 Å². The Morgan fingerprint density at radius 3 is 2.43 bits per heavy atom. The predicted octanol–water partition coefficient (Wildman–Crippen LogP) is 4.97. The number of rotatable bonds is 5. The molecule has 2 unspecified atom stereocenters. The van der Waals surface area contributed by atoms with Crippen molar-refractivity contribution < 1.29 is 13.2 Å². The van der Waals surface area contributed by atoms with E-state index in [9.17, 15) is 13.2 Å². The van der Waals surface area contributed by atoms with Gasteiger partial charge in [-0.3, -0.25) is 0 Å². The van der Waals surface area contributed by atoms with Crippen molar-refractivity contribution in [2.45, 2.75) is 52.5 Å². The molecule has 2 rings (SSSR count). The van der Waals surface area contributed by atoms with E-state index in [0.29, 0.717) is 6.07 Å². The summed E-state index contributed by atoms with van der Waals surface area (Å²) in [6, 6.07) is 1.41. The Labute approximate surface area is 124 Å². The van der Waals surface area contributed by atoms with Gasteiger partial charge in [-0.15, -0.1) is 0 Å². The third-order valence-electron chi connectivity index (χ3n) is 4.73. The molecule has 0 heterocycles. The summed E-state index contributed by atoms with van der Waals surface area (Å²) in [5.41, 5.74) is 0.324. The SMILES string of the molecule is CCCNC(c1cc(F)c(F)cc1F)C1CCCC1(C)C. The van der Waals surface area contributed by atoms with Crippen LogP contribution in [0, 0.1) is 28.8 Å². The van der Waals surface area contributed by atoms with Gasteiger partial charge in [0.15, 0.2) is 11.6 Å². The van der Waals surface area contributed by atoms with Gasteiger partial charge in [0.2, 0.25) is 0 Å². The van der Waals surface area contributed by atoms with Crippen LogP contribution in [0.5, 0.6) is 0 Å². The third kappa shape index (κ3) is 3.42. The highest BCUT2D eigenvalue weighted by atomic mass is 19.2. The minimum absolute atomic E-state index is 0.0721. The highest BCUT2D eigenvalue weighted by Crippen LogP contribution is 2.49. The molecule has 1 aromatic rings. The molecular formula is C17H24F3N. The molecule has 0 saturated heterocycles. The maximum absolute atomic E-state index is 14.2. The van der Waals surface area contributed by atoms with Crippen molar-refractivity contribution >= 4 is 0 Å². The van der Waals surface area contributed by atoms with E-state index < -0.39 is 17.5 Å². The average molecular weight is 299 g/mol. The minimum Gasteiger partial charge on any atom is -0.310 e. The molecule has 1 saturated carbocycles. The number of halogens is 3. The van der Waals surface area contributed by atoms with Gasteiger partial charge in [-0.2, -0.15) is 0 Å². The standard InChI is InChI=1S/C17H24F3N/c1-4-8-21-16(12-6-5-7-17(12,2)3)11-9-14(19)15(20)10-13(11)18/h9-10,12,16,21H,4-8H2,1-3H3. The van der Waals surface area contributed by atoms with Crippen LogP contribution >= 0.6 is 0 Å². The molecule has 21 heavy (non-hydrogen) atoms. The second-order valence-corrected chi connectivity index (χ2v) is 6.71. The lowest BCUT2D eigenvalue weighted by Gasteiger charge is -2.35. The van der Waals surface area contributed by atoms with Crippen molar-refractivity contribution in [1.29, 1.82) is 0 Å². The largest absolute Gasteiger partial charge is 0.310 e. The zero-order valence-electron chi connectivity index (χ0n) is 13.0. The van der Waals surface area contributed by atoms with E-state index in [1.165, 1.54) is 0 Å². The summed E-state index contributed by atoms with van der Waals surface area (Å²) in [6.45, 7) is 7.10. The molecule has 2 atom stereocenters. The van der Waals surface area contributed by atoms with E-state index in [4.69, 9.17) is 0 Å². The molecule has 0 amide bonds. The highest BCUT2D eigenvalue weighted by Gasteiger charge is 2.40. The van der Waals surface area contributed by atoms with E-state index in [-0.39, 0.29) is 22.9 Å². The summed E-state index contributed by atoms with van der Waals surface area (Å²) in [5, 5.41) is 3.34. The molecule has 1 N–H and O–H groups in total. The Morgan fingerprint density at radius 1 is 1.19 bits per heavy atom. The molecule has 0 aromatic heterocycles. The molecule has 0 aliphatic heterocycles. The van der Waals surface area contributed by atoms with Crippen molar-refractivity contribution in [3.8, 4) is 0 Å². The zero-order chi connectivity index (χ0) is 15.6. The topological polar surface area (TPSA) is 12.0 Å². The molecular weight excluding hydrogens is 275 g/mol. The molecule has 1 fully saturated rings. The van der Waals surface area contributed by atoms with Crippen LogP contribution in [0.15, 0.2) is 12.1 Å². The lowest BCUT2D eigenvalue weighted by Crippen LogP contribution is -2.35. The van der Waals surface area contributed by atoms with Gasteiger partial charge >= 0.3 is 0 Å². The summed E-state index contributed by atoms with van der Waals surface area (Å²) < 4.78 is 40.9. The smallest absolute Gasteiger partial charge is 0.161 e. The first kappa shape index (κ1) is 16.3. The van der Waals surface area contributed by atoms with Gasteiger partial charge < -0.3 is 5.32 Å². The summed E-state index contributed by atoms with van der Waals surface area (Å²) >= 11 is 0. The number of hydrogen-bond acceptors (Lipinski definition) is 1. The van der Waals surface area contributed by atoms with Gasteiger partial charge in [0.05, 0.1) is 0 Å². The van der Waals surface area contributed by atoms with Gasteiger partial charge in [-0.25, -0.2) is 13.2 Å². The average Bonchev–Trinajstić information content (AvgIpc) is 2.75. The van der Waals surface area contributed by atoms with E-state index in [1.807, 2.05) is 6.92 Å². The first-order valence-electron chi connectivity index (χ1n) is 7.74. The van der Waals surface area contributed by atoms with Gasteiger partial charge in [0.1, 0.15) is 5.82 Å².